The SMILES string of the molecule is [CH2]COCCCc1ccc2c(c1)C(=O)N(C1CCC(=O)NC1=O)C2=O. The molecule has 2 aliphatic rings. The van der Waals surface area contributed by atoms with E-state index in [4.69, 9.17) is 4.74 Å². The minimum atomic E-state index is -0.931. The van der Waals surface area contributed by atoms with E-state index in [-0.39, 0.29) is 18.7 Å². The van der Waals surface area contributed by atoms with Gasteiger partial charge in [0.25, 0.3) is 11.8 Å². The second kappa shape index (κ2) is 7.14. The third-order valence-electron chi connectivity index (χ3n) is 4.40. The molecule has 1 radical (unpaired) electrons. The van der Waals surface area contributed by atoms with Crippen molar-refractivity contribution in [2.75, 3.05) is 13.2 Å². The van der Waals surface area contributed by atoms with Crippen LogP contribution < -0.4 is 5.32 Å². The lowest BCUT2D eigenvalue weighted by Gasteiger charge is -2.27. The van der Waals surface area contributed by atoms with Crippen molar-refractivity contribution in [2.45, 2.75) is 31.7 Å². The Bertz CT molecular complexity index is 743. The monoisotopic (exact) mass is 343 g/mol. The topological polar surface area (TPSA) is 92.8 Å². The van der Waals surface area contributed by atoms with E-state index in [0.717, 1.165) is 16.9 Å². The molecule has 0 aromatic heterocycles. The summed E-state index contributed by atoms with van der Waals surface area (Å²) < 4.78 is 5.19. The number of nitrogens with zero attached hydrogens (tertiary/aromatic N) is 1. The summed E-state index contributed by atoms with van der Waals surface area (Å²) in [5, 5.41) is 2.18. The molecule has 0 saturated carbocycles. The highest BCUT2D eigenvalue weighted by molar-refractivity contribution is 6.23. The summed E-state index contributed by atoms with van der Waals surface area (Å²) >= 11 is 0. The minimum absolute atomic E-state index is 0.112. The maximum absolute atomic E-state index is 12.7. The smallest absolute Gasteiger partial charge is 0.262 e. The van der Waals surface area contributed by atoms with Gasteiger partial charge in [0, 0.05) is 19.6 Å². The van der Waals surface area contributed by atoms with Gasteiger partial charge in [0.1, 0.15) is 6.04 Å². The van der Waals surface area contributed by atoms with Crippen molar-refractivity contribution in [3.8, 4) is 0 Å². The first-order chi connectivity index (χ1) is 12.0. The largest absolute Gasteiger partial charge is 0.381 e. The number of ether oxygens (including phenoxy) is 1. The lowest BCUT2D eigenvalue weighted by Crippen LogP contribution is -2.54. The number of aryl methyl sites for hydroxylation is 1. The summed E-state index contributed by atoms with van der Waals surface area (Å²) in [6, 6.07) is 4.20. The highest BCUT2D eigenvalue weighted by Gasteiger charge is 2.44. The van der Waals surface area contributed by atoms with Crippen molar-refractivity contribution in [1.82, 2.24) is 10.2 Å². The van der Waals surface area contributed by atoms with Crippen molar-refractivity contribution in [3.63, 3.8) is 0 Å². The third kappa shape index (κ3) is 3.32. The third-order valence-corrected chi connectivity index (χ3v) is 4.40. The quantitative estimate of drug-likeness (QED) is 0.611. The molecule has 1 fully saturated rings. The van der Waals surface area contributed by atoms with Crippen LogP contribution >= 0.6 is 0 Å². The van der Waals surface area contributed by atoms with Crippen LogP contribution in [0.3, 0.4) is 0 Å². The molecule has 0 spiro atoms. The van der Waals surface area contributed by atoms with Crippen LogP contribution in [0.5, 0.6) is 0 Å². The molecule has 7 heteroatoms. The number of carbonyl (C=O) groups excluding carboxylic acids is 4. The number of hydrogen-bond acceptors (Lipinski definition) is 5. The van der Waals surface area contributed by atoms with Crippen LogP contribution in [0.4, 0.5) is 0 Å². The van der Waals surface area contributed by atoms with Crippen LogP contribution in [-0.4, -0.2) is 47.8 Å². The normalized spacial score (nSPS) is 20.0. The average Bonchev–Trinajstić information content (AvgIpc) is 2.83. The predicted molar refractivity (Wildman–Crippen MR) is 87.6 cm³/mol. The van der Waals surface area contributed by atoms with Crippen LogP contribution in [0.15, 0.2) is 18.2 Å². The summed E-state index contributed by atoms with van der Waals surface area (Å²) in [6.45, 7) is 4.59. The van der Waals surface area contributed by atoms with Gasteiger partial charge in [-0.2, -0.15) is 0 Å². The van der Waals surface area contributed by atoms with Gasteiger partial charge in [-0.25, -0.2) is 0 Å². The van der Waals surface area contributed by atoms with Crippen LogP contribution in [0.1, 0.15) is 45.5 Å². The molecule has 1 atom stereocenters. The maximum atomic E-state index is 12.7. The summed E-state index contributed by atoms with van der Waals surface area (Å²) in [6.07, 6.45) is 1.77. The van der Waals surface area contributed by atoms with Crippen LogP contribution in [-0.2, 0) is 20.7 Å². The highest BCUT2D eigenvalue weighted by Crippen LogP contribution is 2.28. The molecule has 7 nitrogen and oxygen atoms in total. The summed E-state index contributed by atoms with van der Waals surface area (Å²) in [5.74, 6) is -1.95. The van der Waals surface area contributed by atoms with Gasteiger partial charge in [0.05, 0.1) is 11.1 Å². The zero-order chi connectivity index (χ0) is 18.0. The molecule has 1 aromatic rings. The van der Waals surface area contributed by atoms with E-state index in [0.29, 0.717) is 30.8 Å². The molecule has 1 saturated heterocycles. The molecule has 25 heavy (non-hydrogen) atoms. The van der Waals surface area contributed by atoms with E-state index < -0.39 is 23.8 Å². The molecule has 131 valence electrons. The Hall–Kier alpha value is -2.54. The first-order valence-corrected chi connectivity index (χ1v) is 8.24. The lowest BCUT2D eigenvalue weighted by molar-refractivity contribution is -0.136. The van der Waals surface area contributed by atoms with Crippen molar-refractivity contribution >= 4 is 23.6 Å². The van der Waals surface area contributed by atoms with Gasteiger partial charge in [0.2, 0.25) is 11.8 Å². The van der Waals surface area contributed by atoms with E-state index in [1.165, 1.54) is 0 Å². The number of hydrogen-bond donors (Lipinski definition) is 1. The molecule has 1 aromatic carbocycles. The zero-order valence-corrected chi connectivity index (χ0v) is 13.7. The number of fused-ring (bicyclic) bond motifs is 1. The van der Waals surface area contributed by atoms with Crippen molar-refractivity contribution in [3.05, 3.63) is 41.8 Å². The van der Waals surface area contributed by atoms with Crippen molar-refractivity contribution < 1.29 is 23.9 Å². The fraction of sp³-hybridized carbons (Fsp3) is 0.389. The van der Waals surface area contributed by atoms with Crippen LogP contribution in [0.2, 0.25) is 0 Å². The standard InChI is InChI=1S/C18H19N2O5/c1-2-25-9-3-4-11-5-6-12-13(10-11)18(24)20(17(12)23)14-7-8-15(21)19-16(14)22/h5-6,10,14H,1-4,7-9H2,(H,19,21,22). The highest BCUT2D eigenvalue weighted by atomic mass is 16.5. The summed E-state index contributed by atoms with van der Waals surface area (Å²) in [4.78, 5) is 49.5. The van der Waals surface area contributed by atoms with Gasteiger partial charge < -0.3 is 4.74 Å². The summed E-state index contributed by atoms with van der Waals surface area (Å²) in [7, 11) is 0. The minimum Gasteiger partial charge on any atom is -0.381 e. The summed E-state index contributed by atoms with van der Waals surface area (Å²) in [5.41, 5.74) is 1.54. The molecule has 0 bridgehead atoms. The molecular weight excluding hydrogens is 324 g/mol. The predicted octanol–water partition coefficient (Wildman–Crippen LogP) is 0.871. The second-order valence-corrected chi connectivity index (χ2v) is 6.04. The first kappa shape index (κ1) is 17.3. The lowest BCUT2D eigenvalue weighted by atomic mass is 10.0. The first-order valence-electron chi connectivity index (χ1n) is 8.24. The van der Waals surface area contributed by atoms with Gasteiger partial charge in [-0.15, -0.1) is 0 Å². The Balaban J connectivity index is 1.77. The Morgan fingerprint density at radius 1 is 1.16 bits per heavy atom. The van der Waals surface area contributed by atoms with Gasteiger partial charge in [0.15, 0.2) is 0 Å². The van der Waals surface area contributed by atoms with E-state index in [2.05, 4.69) is 12.2 Å². The number of amides is 4. The number of rotatable bonds is 6. The fourth-order valence-corrected chi connectivity index (χ4v) is 3.15. The van der Waals surface area contributed by atoms with E-state index in [9.17, 15) is 19.2 Å². The molecule has 1 N–H and O–H groups in total. The van der Waals surface area contributed by atoms with Gasteiger partial charge in [-0.05, 0) is 43.9 Å². The molecular formula is C18H19N2O5. The molecule has 4 amide bonds. The Kier molecular flexibility index (Phi) is 4.94. The van der Waals surface area contributed by atoms with Gasteiger partial charge in [-0.1, -0.05) is 6.07 Å². The molecule has 2 heterocycles. The van der Waals surface area contributed by atoms with E-state index >= 15 is 0 Å². The number of imide groups is 2. The average molecular weight is 343 g/mol. The van der Waals surface area contributed by atoms with Crippen molar-refractivity contribution in [1.29, 1.82) is 0 Å². The van der Waals surface area contributed by atoms with Gasteiger partial charge in [-0.3, -0.25) is 29.4 Å². The fourth-order valence-electron chi connectivity index (χ4n) is 3.15. The Labute approximate surface area is 145 Å². The van der Waals surface area contributed by atoms with Crippen LogP contribution in [0, 0.1) is 6.92 Å². The zero-order valence-electron chi connectivity index (χ0n) is 13.7. The van der Waals surface area contributed by atoms with Crippen molar-refractivity contribution in [2.24, 2.45) is 0 Å². The number of nitrogens with one attached hydrogen (secondary N) is 1. The number of piperidine rings is 1. The molecule has 2 aliphatic heterocycles. The van der Waals surface area contributed by atoms with Gasteiger partial charge >= 0.3 is 0 Å². The maximum Gasteiger partial charge on any atom is 0.262 e. The molecule has 0 aliphatic carbocycles. The van der Waals surface area contributed by atoms with E-state index in [1.807, 2.05) is 6.07 Å². The molecule has 1 unspecified atom stereocenters. The molecule has 3 rings (SSSR count). The Morgan fingerprint density at radius 3 is 2.64 bits per heavy atom. The second-order valence-electron chi connectivity index (χ2n) is 6.04. The Morgan fingerprint density at radius 2 is 1.92 bits per heavy atom. The number of benzene rings is 1. The number of carbonyl (C=O) groups is 4. The van der Waals surface area contributed by atoms with Crippen LogP contribution in [0.25, 0.3) is 0 Å². The van der Waals surface area contributed by atoms with E-state index in [1.54, 1.807) is 12.1 Å².